The largest absolute Gasteiger partial charge is 0.382 e. The Kier molecular flexibility index (Phi) is 6.94. The highest BCUT2D eigenvalue weighted by Crippen LogP contribution is 2.21. The van der Waals surface area contributed by atoms with Gasteiger partial charge in [0.25, 0.3) is 5.91 Å². The van der Waals surface area contributed by atoms with E-state index in [0.717, 1.165) is 44.0 Å². The fraction of sp³-hybridized carbons (Fsp3) is 0.292. The van der Waals surface area contributed by atoms with Gasteiger partial charge in [0, 0.05) is 44.5 Å². The Morgan fingerprint density at radius 2 is 1.81 bits per heavy atom. The van der Waals surface area contributed by atoms with E-state index >= 15 is 0 Å². The van der Waals surface area contributed by atoms with Crippen molar-refractivity contribution in [1.82, 2.24) is 20.6 Å². The number of rotatable bonds is 7. The predicted octanol–water partition coefficient (Wildman–Crippen LogP) is 2.21. The van der Waals surface area contributed by atoms with Crippen molar-refractivity contribution < 1.29 is 9.53 Å². The van der Waals surface area contributed by atoms with Crippen LogP contribution in [0.2, 0.25) is 0 Å². The molecule has 1 amide bonds. The molecule has 0 saturated carbocycles. The first-order chi connectivity index (χ1) is 15.6. The lowest BCUT2D eigenvalue weighted by molar-refractivity contribution is 0.0959. The van der Waals surface area contributed by atoms with Gasteiger partial charge in [-0.1, -0.05) is 30.3 Å². The first-order valence-corrected chi connectivity index (χ1v) is 10.7. The van der Waals surface area contributed by atoms with Gasteiger partial charge in [-0.3, -0.25) is 4.79 Å². The molecule has 8 nitrogen and oxygen atoms in total. The highest BCUT2D eigenvalue weighted by molar-refractivity contribution is 5.96. The Morgan fingerprint density at radius 3 is 2.56 bits per heavy atom. The smallest absolute Gasteiger partial charge is 0.273 e. The van der Waals surface area contributed by atoms with E-state index in [4.69, 9.17) is 10.5 Å². The number of hydrogen-bond acceptors (Lipinski definition) is 7. The molecule has 1 aliphatic rings. The molecule has 166 valence electrons. The maximum absolute atomic E-state index is 12.0. The number of nitrogens with one attached hydrogen (secondary N) is 2. The summed E-state index contributed by atoms with van der Waals surface area (Å²) in [7, 11) is 1.54. The Bertz CT molecular complexity index is 1080. The number of ether oxygens (including phenoxy) is 1. The standard InChI is InChI=1S/C24H28N6O2/c1-26-24(31)22-23(25)28-16-21(29-22)19-6-2-4-17(12-19)14-27-15-18-5-3-7-20(13-18)30-8-10-32-11-9-30/h2-7,12-13,16,27H,8-11,14-15H2,1H3,(H2,25,28)(H,26,31). The van der Waals surface area contributed by atoms with Gasteiger partial charge in [0.2, 0.25) is 0 Å². The van der Waals surface area contributed by atoms with E-state index in [2.05, 4.69) is 55.8 Å². The third-order valence-electron chi connectivity index (χ3n) is 5.41. The number of carbonyl (C=O) groups is 1. The lowest BCUT2D eigenvalue weighted by Gasteiger charge is -2.29. The quantitative estimate of drug-likeness (QED) is 0.526. The molecule has 1 saturated heterocycles. The van der Waals surface area contributed by atoms with Crippen molar-refractivity contribution in [2.24, 2.45) is 0 Å². The third-order valence-corrected chi connectivity index (χ3v) is 5.41. The molecule has 0 radical (unpaired) electrons. The van der Waals surface area contributed by atoms with Crippen LogP contribution >= 0.6 is 0 Å². The van der Waals surface area contributed by atoms with Gasteiger partial charge < -0.3 is 26.0 Å². The number of benzene rings is 2. The molecule has 1 aliphatic heterocycles. The van der Waals surface area contributed by atoms with E-state index in [1.807, 2.05) is 18.2 Å². The number of nitrogens with zero attached hydrogens (tertiary/aromatic N) is 3. The zero-order chi connectivity index (χ0) is 22.3. The van der Waals surface area contributed by atoms with Crippen LogP contribution in [0.25, 0.3) is 11.3 Å². The first-order valence-electron chi connectivity index (χ1n) is 10.7. The number of carbonyl (C=O) groups excluding carboxylic acids is 1. The van der Waals surface area contributed by atoms with Crippen LogP contribution in [0.4, 0.5) is 11.5 Å². The second-order valence-corrected chi connectivity index (χ2v) is 7.64. The topological polar surface area (TPSA) is 105 Å². The zero-order valence-corrected chi connectivity index (χ0v) is 18.2. The number of nitrogen functional groups attached to an aromatic ring is 1. The summed E-state index contributed by atoms with van der Waals surface area (Å²) in [4.78, 5) is 22.9. The van der Waals surface area contributed by atoms with Crippen LogP contribution in [0.5, 0.6) is 0 Å². The molecule has 0 unspecified atom stereocenters. The van der Waals surface area contributed by atoms with Gasteiger partial charge in [0.15, 0.2) is 11.5 Å². The molecule has 0 spiro atoms. The van der Waals surface area contributed by atoms with E-state index in [0.29, 0.717) is 12.2 Å². The van der Waals surface area contributed by atoms with Crippen molar-refractivity contribution in [2.45, 2.75) is 13.1 Å². The summed E-state index contributed by atoms with van der Waals surface area (Å²) >= 11 is 0. The fourth-order valence-electron chi connectivity index (χ4n) is 3.70. The van der Waals surface area contributed by atoms with Crippen LogP contribution in [0.15, 0.2) is 54.7 Å². The first kappa shape index (κ1) is 21.7. The van der Waals surface area contributed by atoms with Gasteiger partial charge in [-0.05, 0) is 29.3 Å². The summed E-state index contributed by atoms with van der Waals surface area (Å²) in [6, 6.07) is 16.7. The molecule has 0 bridgehead atoms. The van der Waals surface area contributed by atoms with Gasteiger partial charge in [-0.25, -0.2) is 9.97 Å². The summed E-state index contributed by atoms with van der Waals surface area (Å²) in [5.41, 5.74) is 11.0. The van der Waals surface area contributed by atoms with Crippen LogP contribution in [-0.4, -0.2) is 49.2 Å². The normalized spacial score (nSPS) is 13.7. The molecule has 2 aromatic carbocycles. The molecule has 4 N–H and O–H groups in total. The number of aromatic nitrogens is 2. The average Bonchev–Trinajstić information content (AvgIpc) is 2.85. The number of hydrogen-bond donors (Lipinski definition) is 3. The zero-order valence-electron chi connectivity index (χ0n) is 18.2. The van der Waals surface area contributed by atoms with Crippen molar-refractivity contribution in [2.75, 3.05) is 44.0 Å². The molecular weight excluding hydrogens is 404 g/mol. The van der Waals surface area contributed by atoms with Crippen molar-refractivity contribution >= 4 is 17.4 Å². The Labute approximate surface area is 187 Å². The molecule has 32 heavy (non-hydrogen) atoms. The fourth-order valence-corrected chi connectivity index (χ4v) is 3.70. The van der Waals surface area contributed by atoms with E-state index in [-0.39, 0.29) is 17.4 Å². The molecule has 1 aromatic heterocycles. The Balaban J connectivity index is 1.40. The molecular formula is C24H28N6O2. The van der Waals surface area contributed by atoms with Crippen molar-refractivity contribution in [3.63, 3.8) is 0 Å². The molecule has 2 heterocycles. The van der Waals surface area contributed by atoms with Crippen LogP contribution in [0.1, 0.15) is 21.6 Å². The number of nitrogens with two attached hydrogens (primary N) is 1. The lowest BCUT2D eigenvalue weighted by atomic mass is 10.1. The minimum atomic E-state index is -0.353. The van der Waals surface area contributed by atoms with Crippen LogP contribution in [0, 0.1) is 0 Å². The maximum Gasteiger partial charge on any atom is 0.273 e. The highest BCUT2D eigenvalue weighted by Gasteiger charge is 2.14. The van der Waals surface area contributed by atoms with Crippen LogP contribution < -0.4 is 21.3 Å². The summed E-state index contributed by atoms with van der Waals surface area (Å²) in [6.45, 7) is 4.90. The van der Waals surface area contributed by atoms with Crippen molar-refractivity contribution in [1.29, 1.82) is 0 Å². The van der Waals surface area contributed by atoms with Crippen molar-refractivity contribution in [3.05, 3.63) is 71.5 Å². The van der Waals surface area contributed by atoms with Crippen LogP contribution in [0.3, 0.4) is 0 Å². The van der Waals surface area contributed by atoms with Gasteiger partial charge >= 0.3 is 0 Å². The minimum absolute atomic E-state index is 0.116. The molecule has 0 aliphatic carbocycles. The van der Waals surface area contributed by atoms with Gasteiger partial charge in [0.05, 0.1) is 25.1 Å². The maximum atomic E-state index is 12.0. The van der Waals surface area contributed by atoms with Crippen LogP contribution in [-0.2, 0) is 17.8 Å². The average molecular weight is 433 g/mol. The molecule has 1 fully saturated rings. The van der Waals surface area contributed by atoms with Gasteiger partial charge in [0.1, 0.15) is 0 Å². The minimum Gasteiger partial charge on any atom is -0.382 e. The van der Waals surface area contributed by atoms with E-state index in [9.17, 15) is 4.79 Å². The molecule has 0 atom stereocenters. The van der Waals surface area contributed by atoms with Gasteiger partial charge in [-0.2, -0.15) is 0 Å². The Hall–Kier alpha value is -3.49. The molecule has 8 heteroatoms. The summed E-state index contributed by atoms with van der Waals surface area (Å²) in [6.07, 6.45) is 1.59. The lowest BCUT2D eigenvalue weighted by Crippen LogP contribution is -2.36. The summed E-state index contributed by atoms with van der Waals surface area (Å²) in [5.74, 6) is -0.237. The Morgan fingerprint density at radius 1 is 1.09 bits per heavy atom. The SMILES string of the molecule is CNC(=O)c1nc(-c2cccc(CNCc3cccc(N4CCOCC4)c3)c2)cnc1N. The van der Waals surface area contributed by atoms with E-state index in [1.165, 1.54) is 11.3 Å². The summed E-state index contributed by atoms with van der Waals surface area (Å²) in [5, 5.41) is 6.05. The predicted molar refractivity (Wildman–Crippen MR) is 125 cm³/mol. The molecule has 4 rings (SSSR count). The number of anilines is 2. The van der Waals surface area contributed by atoms with E-state index in [1.54, 1.807) is 13.2 Å². The van der Waals surface area contributed by atoms with Gasteiger partial charge in [-0.15, -0.1) is 0 Å². The highest BCUT2D eigenvalue weighted by atomic mass is 16.5. The van der Waals surface area contributed by atoms with Crippen molar-refractivity contribution in [3.8, 4) is 11.3 Å². The second kappa shape index (κ2) is 10.2. The number of morpholine rings is 1. The third kappa shape index (κ3) is 5.22. The second-order valence-electron chi connectivity index (χ2n) is 7.64. The van der Waals surface area contributed by atoms with E-state index < -0.39 is 0 Å². The monoisotopic (exact) mass is 432 g/mol. The molecule has 3 aromatic rings. The summed E-state index contributed by atoms with van der Waals surface area (Å²) < 4.78 is 5.45. The number of amides is 1.